The maximum atomic E-state index is 11.8. The van der Waals surface area contributed by atoms with Gasteiger partial charge in [0.1, 0.15) is 0 Å². The highest BCUT2D eigenvalue weighted by atomic mass is 16.1. The first-order chi connectivity index (χ1) is 9.25. The monoisotopic (exact) mass is 266 g/mol. The number of hydrogen-bond donors (Lipinski definition) is 2. The summed E-state index contributed by atoms with van der Waals surface area (Å²) in [7, 11) is 0. The van der Waals surface area contributed by atoms with E-state index >= 15 is 0 Å². The fourth-order valence-corrected chi connectivity index (χ4v) is 3.60. The van der Waals surface area contributed by atoms with Gasteiger partial charge in [-0.15, -0.1) is 0 Å². The SMILES string of the molecule is CC1CCCCC1CCNC(=O)CCC1CCNC1. The molecule has 1 aliphatic carbocycles. The highest BCUT2D eigenvalue weighted by Gasteiger charge is 2.21. The quantitative estimate of drug-likeness (QED) is 0.776. The third-order valence-electron chi connectivity index (χ3n) is 5.07. The van der Waals surface area contributed by atoms with Gasteiger partial charge in [-0.2, -0.15) is 0 Å². The van der Waals surface area contributed by atoms with Crippen molar-refractivity contribution < 1.29 is 4.79 Å². The maximum absolute atomic E-state index is 11.8. The van der Waals surface area contributed by atoms with Gasteiger partial charge in [-0.25, -0.2) is 0 Å². The molecule has 0 radical (unpaired) electrons. The zero-order valence-electron chi connectivity index (χ0n) is 12.4. The van der Waals surface area contributed by atoms with Crippen LogP contribution in [-0.2, 0) is 4.79 Å². The van der Waals surface area contributed by atoms with Crippen molar-refractivity contribution in [2.75, 3.05) is 19.6 Å². The molecule has 2 N–H and O–H groups in total. The molecule has 0 aromatic carbocycles. The molecule has 2 aliphatic rings. The predicted molar refractivity (Wildman–Crippen MR) is 79.0 cm³/mol. The summed E-state index contributed by atoms with van der Waals surface area (Å²) in [5.41, 5.74) is 0. The van der Waals surface area contributed by atoms with Gasteiger partial charge < -0.3 is 10.6 Å². The van der Waals surface area contributed by atoms with E-state index in [1.807, 2.05) is 0 Å². The summed E-state index contributed by atoms with van der Waals surface area (Å²) in [6.07, 6.45) is 9.73. The summed E-state index contributed by atoms with van der Waals surface area (Å²) in [6.45, 7) is 5.49. The Labute approximate surface area is 117 Å². The molecule has 1 saturated heterocycles. The van der Waals surface area contributed by atoms with Gasteiger partial charge in [0.25, 0.3) is 0 Å². The summed E-state index contributed by atoms with van der Waals surface area (Å²) in [4.78, 5) is 11.8. The molecule has 110 valence electrons. The van der Waals surface area contributed by atoms with Gasteiger partial charge in [-0.3, -0.25) is 4.79 Å². The molecule has 1 saturated carbocycles. The Morgan fingerprint density at radius 2 is 2.05 bits per heavy atom. The van der Waals surface area contributed by atoms with Crippen molar-refractivity contribution in [3.8, 4) is 0 Å². The van der Waals surface area contributed by atoms with E-state index in [0.29, 0.717) is 6.42 Å². The van der Waals surface area contributed by atoms with Crippen LogP contribution < -0.4 is 10.6 Å². The number of nitrogens with one attached hydrogen (secondary N) is 2. The van der Waals surface area contributed by atoms with Crippen molar-refractivity contribution in [1.82, 2.24) is 10.6 Å². The molecule has 3 heteroatoms. The standard InChI is InChI=1S/C16H30N2O/c1-13-4-2-3-5-15(13)9-11-18-16(19)7-6-14-8-10-17-12-14/h13-15,17H,2-12H2,1H3,(H,18,19). The van der Waals surface area contributed by atoms with E-state index in [0.717, 1.165) is 43.8 Å². The van der Waals surface area contributed by atoms with E-state index in [1.165, 1.54) is 38.5 Å². The van der Waals surface area contributed by atoms with Crippen molar-refractivity contribution in [1.29, 1.82) is 0 Å². The average Bonchev–Trinajstić information content (AvgIpc) is 2.92. The van der Waals surface area contributed by atoms with E-state index in [1.54, 1.807) is 0 Å². The first-order valence-electron chi connectivity index (χ1n) is 8.23. The second-order valence-electron chi connectivity index (χ2n) is 6.56. The second kappa shape index (κ2) is 7.88. The van der Waals surface area contributed by atoms with Crippen molar-refractivity contribution in [2.45, 2.75) is 58.3 Å². The van der Waals surface area contributed by atoms with Crippen molar-refractivity contribution in [3.63, 3.8) is 0 Å². The summed E-state index contributed by atoms with van der Waals surface area (Å²) in [6, 6.07) is 0. The fourth-order valence-electron chi connectivity index (χ4n) is 3.60. The van der Waals surface area contributed by atoms with Crippen LogP contribution in [0.1, 0.15) is 58.3 Å². The number of carbonyl (C=O) groups excluding carboxylic acids is 1. The minimum atomic E-state index is 0.260. The molecule has 3 unspecified atom stereocenters. The Kier molecular flexibility index (Phi) is 6.15. The van der Waals surface area contributed by atoms with Crippen LogP contribution in [0.3, 0.4) is 0 Å². The molecule has 3 atom stereocenters. The van der Waals surface area contributed by atoms with Crippen LogP contribution in [0.5, 0.6) is 0 Å². The average molecular weight is 266 g/mol. The van der Waals surface area contributed by atoms with Crippen molar-refractivity contribution in [2.24, 2.45) is 17.8 Å². The largest absolute Gasteiger partial charge is 0.356 e. The molecule has 2 rings (SSSR count). The lowest BCUT2D eigenvalue weighted by Gasteiger charge is -2.28. The van der Waals surface area contributed by atoms with E-state index in [-0.39, 0.29) is 5.91 Å². The molecule has 1 aliphatic heterocycles. The molecular formula is C16H30N2O. The lowest BCUT2D eigenvalue weighted by Crippen LogP contribution is -2.28. The van der Waals surface area contributed by atoms with Gasteiger partial charge in [0, 0.05) is 13.0 Å². The summed E-state index contributed by atoms with van der Waals surface area (Å²) >= 11 is 0. The van der Waals surface area contributed by atoms with Crippen LogP contribution in [0.15, 0.2) is 0 Å². The van der Waals surface area contributed by atoms with Crippen LogP contribution in [-0.4, -0.2) is 25.5 Å². The molecule has 1 heterocycles. The third kappa shape index (κ3) is 5.13. The lowest BCUT2D eigenvalue weighted by atomic mass is 9.79. The van der Waals surface area contributed by atoms with Crippen LogP contribution in [0.2, 0.25) is 0 Å². The number of hydrogen-bond acceptors (Lipinski definition) is 2. The minimum Gasteiger partial charge on any atom is -0.356 e. The van der Waals surface area contributed by atoms with Gasteiger partial charge in [0.2, 0.25) is 5.91 Å². The minimum absolute atomic E-state index is 0.260. The van der Waals surface area contributed by atoms with E-state index in [4.69, 9.17) is 0 Å². The number of amides is 1. The molecule has 2 fully saturated rings. The topological polar surface area (TPSA) is 41.1 Å². The predicted octanol–water partition coefficient (Wildman–Crippen LogP) is 2.71. The molecule has 0 aromatic heterocycles. The van der Waals surface area contributed by atoms with Crippen molar-refractivity contribution in [3.05, 3.63) is 0 Å². The molecule has 0 aromatic rings. The van der Waals surface area contributed by atoms with E-state index < -0.39 is 0 Å². The van der Waals surface area contributed by atoms with Crippen molar-refractivity contribution >= 4 is 5.91 Å². The van der Waals surface area contributed by atoms with Crippen LogP contribution in [0.4, 0.5) is 0 Å². The maximum Gasteiger partial charge on any atom is 0.220 e. The van der Waals surface area contributed by atoms with Gasteiger partial charge >= 0.3 is 0 Å². The lowest BCUT2D eigenvalue weighted by molar-refractivity contribution is -0.121. The van der Waals surface area contributed by atoms with Crippen LogP contribution in [0.25, 0.3) is 0 Å². The zero-order chi connectivity index (χ0) is 13.5. The number of rotatable bonds is 6. The van der Waals surface area contributed by atoms with Gasteiger partial charge in [0.15, 0.2) is 0 Å². The molecular weight excluding hydrogens is 236 g/mol. The highest BCUT2D eigenvalue weighted by Crippen LogP contribution is 2.31. The van der Waals surface area contributed by atoms with E-state index in [2.05, 4.69) is 17.6 Å². The second-order valence-corrected chi connectivity index (χ2v) is 6.56. The Balaban J connectivity index is 1.53. The van der Waals surface area contributed by atoms with E-state index in [9.17, 15) is 4.79 Å². The molecule has 0 spiro atoms. The molecule has 3 nitrogen and oxygen atoms in total. The third-order valence-corrected chi connectivity index (χ3v) is 5.07. The highest BCUT2D eigenvalue weighted by molar-refractivity contribution is 5.75. The van der Waals surface area contributed by atoms with Crippen LogP contribution >= 0.6 is 0 Å². The Morgan fingerprint density at radius 3 is 2.79 bits per heavy atom. The zero-order valence-corrected chi connectivity index (χ0v) is 12.4. The molecule has 1 amide bonds. The first-order valence-corrected chi connectivity index (χ1v) is 8.23. The molecule has 0 bridgehead atoms. The Hall–Kier alpha value is -0.570. The summed E-state index contributed by atoms with van der Waals surface area (Å²) in [5.74, 6) is 2.68. The first kappa shape index (κ1) is 14.8. The van der Waals surface area contributed by atoms with Gasteiger partial charge in [-0.1, -0.05) is 32.6 Å². The Morgan fingerprint density at radius 1 is 1.21 bits per heavy atom. The number of carbonyl (C=O) groups is 1. The summed E-state index contributed by atoms with van der Waals surface area (Å²) in [5, 5.41) is 6.47. The Bertz CT molecular complexity index is 274. The summed E-state index contributed by atoms with van der Waals surface area (Å²) < 4.78 is 0. The molecule has 19 heavy (non-hydrogen) atoms. The van der Waals surface area contributed by atoms with Gasteiger partial charge in [-0.05, 0) is 50.1 Å². The van der Waals surface area contributed by atoms with Crippen LogP contribution in [0, 0.1) is 17.8 Å². The fraction of sp³-hybridized carbons (Fsp3) is 0.938. The normalized spacial score (nSPS) is 31.3. The van der Waals surface area contributed by atoms with Gasteiger partial charge in [0.05, 0.1) is 0 Å². The smallest absolute Gasteiger partial charge is 0.220 e.